The number of carbonyl (C=O) groups excluding carboxylic acids is 1. The number of aromatic nitrogens is 1. The van der Waals surface area contributed by atoms with E-state index in [0.717, 1.165) is 33.3 Å². The Morgan fingerprint density at radius 2 is 1.50 bits per heavy atom. The Labute approximate surface area is 200 Å². The van der Waals surface area contributed by atoms with Crippen LogP contribution in [-0.4, -0.2) is 17.5 Å². The Balaban J connectivity index is 1.26. The summed E-state index contributed by atoms with van der Waals surface area (Å²) in [4.78, 5) is 16.9. The van der Waals surface area contributed by atoms with Crippen LogP contribution in [0.3, 0.4) is 0 Å². The maximum Gasteiger partial charge on any atom is 0.224 e. The molecule has 4 nitrogen and oxygen atoms in total. The molecule has 1 amide bonds. The van der Waals surface area contributed by atoms with Gasteiger partial charge in [-0.3, -0.25) is 4.79 Å². The first-order valence-corrected chi connectivity index (χ1v) is 11.7. The van der Waals surface area contributed by atoms with Crippen LogP contribution in [0.2, 0.25) is 10.0 Å². The summed E-state index contributed by atoms with van der Waals surface area (Å²) in [5.74, 6) is 0.697. The van der Waals surface area contributed by atoms with Gasteiger partial charge in [0.25, 0.3) is 0 Å². The van der Waals surface area contributed by atoms with Crippen LogP contribution in [-0.2, 0) is 4.79 Å². The Morgan fingerprint density at radius 3 is 2.19 bits per heavy atom. The summed E-state index contributed by atoms with van der Waals surface area (Å²) < 4.78 is 5.61. The molecule has 162 valence electrons. The molecule has 32 heavy (non-hydrogen) atoms. The number of thiazole rings is 1. The minimum absolute atomic E-state index is 0.0452. The molecule has 7 heteroatoms. The first-order valence-electron chi connectivity index (χ1n) is 10.1. The summed E-state index contributed by atoms with van der Waals surface area (Å²) in [6.45, 7) is 0.466. The quantitative estimate of drug-likeness (QED) is 0.263. The first kappa shape index (κ1) is 22.3. The maximum atomic E-state index is 12.2. The van der Waals surface area contributed by atoms with Gasteiger partial charge in [0.1, 0.15) is 10.8 Å². The van der Waals surface area contributed by atoms with Crippen LogP contribution < -0.4 is 10.1 Å². The number of nitrogens with zero attached hydrogens (tertiary/aromatic N) is 1. The summed E-state index contributed by atoms with van der Waals surface area (Å²) in [6, 6.07) is 22.5. The highest BCUT2D eigenvalue weighted by Crippen LogP contribution is 2.30. The van der Waals surface area contributed by atoms with Gasteiger partial charge in [0, 0.05) is 38.7 Å². The lowest BCUT2D eigenvalue weighted by Crippen LogP contribution is -2.12. The van der Waals surface area contributed by atoms with Gasteiger partial charge in [0.2, 0.25) is 5.91 Å². The second-order valence-corrected chi connectivity index (χ2v) is 8.81. The zero-order chi connectivity index (χ0) is 22.3. The number of benzene rings is 3. The molecule has 4 rings (SSSR count). The number of hydrogen-bond acceptors (Lipinski definition) is 4. The van der Waals surface area contributed by atoms with Gasteiger partial charge >= 0.3 is 0 Å². The van der Waals surface area contributed by atoms with E-state index in [9.17, 15) is 4.79 Å². The normalized spacial score (nSPS) is 10.7. The van der Waals surface area contributed by atoms with Crippen molar-refractivity contribution in [3.05, 3.63) is 88.2 Å². The Kier molecular flexibility index (Phi) is 7.43. The van der Waals surface area contributed by atoms with Crippen molar-refractivity contribution in [2.45, 2.75) is 12.8 Å². The summed E-state index contributed by atoms with van der Waals surface area (Å²) in [5.41, 5.74) is 3.69. The predicted molar refractivity (Wildman–Crippen MR) is 133 cm³/mol. The minimum Gasteiger partial charge on any atom is -0.494 e. The van der Waals surface area contributed by atoms with Crippen LogP contribution in [0.5, 0.6) is 5.75 Å². The van der Waals surface area contributed by atoms with Crippen molar-refractivity contribution in [1.29, 1.82) is 0 Å². The Hall–Kier alpha value is -2.86. The molecule has 1 aromatic heterocycles. The van der Waals surface area contributed by atoms with Crippen LogP contribution in [0.25, 0.3) is 21.8 Å². The van der Waals surface area contributed by atoms with Gasteiger partial charge in [-0.15, -0.1) is 11.3 Å². The van der Waals surface area contributed by atoms with Crippen LogP contribution >= 0.6 is 34.5 Å². The molecule has 0 atom stereocenters. The number of carbonyl (C=O) groups is 1. The molecule has 1 N–H and O–H groups in total. The highest BCUT2D eigenvalue weighted by Gasteiger charge is 2.08. The van der Waals surface area contributed by atoms with E-state index in [1.54, 1.807) is 23.5 Å². The number of rotatable bonds is 8. The third kappa shape index (κ3) is 6.10. The molecule has 0 bridgehead atoms. The third-order valence-corrected chi connectivity index (χ3v) is 6.09. The fourth-order valence-corrected chi connectivity index (χ4v) is 4.12. The third-order valence-electron chi connectivity index (χ3n) is 4.69. The van der Waals surface area contributed by atoms with Gasteiger partial charge in [-0.05, 0) is 55.0 Å². The number of ether oxygens (including phenoxy) is 1. The summed E-state index contributed by atoms with van der Waals surface area (Å²) >= 11 is 13.4. The zero-order valence-corrected chi connectivity index (χ0v) is 19.4. The van der Waals surface area contributed by atoms with Gasteiger partial charge in [0.05, 0.1) is 12.3 Å². The molecule has 0 aliphatic rings. The summed E-state index contributed by atoms with van der Waals surface area (Å²) in [5, 5.41) is 7.26. The van der Waals surface area contributed by atoms with Crippen LogP contribution in [0.1, 0.15) is 12.8 Å². The van der Waals surface area contributed by atoms with Crippen molar-refractivity contribution in [3.63, 3.8) is 0 Å². The van der Waals surface area contributed by atoms with Crippen molar-refractivity contribution >= 4 is 46.1 Å². The van der Waals surface area contributed by atoms with E-state index in [1.807, 2.05) is 66.0 Å². The van der Waals surface area contributed by atoms with Crippen molar-refractivity contribution in [1.82, 2.24) is 4.98 Å². The standard InChI is InChI=1S/C25H20Cl2N2O2S/c26-19-7-3-18(4-8-19)25-29-23(16-32-25)17-5-11-21(12-6-17)28-24(30)2-1-15-31-22-13-9-20(27)10-14-22/h3-14,16H,1-2,15H2,(H,28,30). The lowest BCUT2D eigenvalue weighted by atomic mass is 10.1. The van der Waals surface area contributed by atoms with Gasteiger partial charge in [-0.1, -0.05) is 47.5 Å². The van der Waals surface area contributed by atoms with Crippen LogP contribution in [0.15, 0.2) is 78.2 Å². The molecular weight excluding hydrogens is 463 g/mol. The topological polar surface area (TPSA) is 51.2 Å². The van der Waals surface area contributed by atoms with Gasteiger partial charge in [-0.2, -0.15) is 0 Å². The zero-order valence-electron chi connectivity index (χ0n) is 17.1. The average molecular weight is 483 g/mol. The number of hydrogen-bond donors (Lipinski definition) is 1. The molecule has 0 aliphatic carbocycles. The van der Waals surface area contributed by atoms with E-state index in [2.05, 4.69) is 5.32 Å². The molecule has 0 unspecified atom stereocenters. The maximum absolute atomic E-state index is 12.2. The SMILES string of the molecule is O=C(CCCOc1ccc(Cl)cc1)Nc1ccc(-c2csc(-c3ccc(Cl)cc3)n2)cc1. The Morgan fingerprint density at radius 1 is 0.875 bits per heavy atom. The summed E-state index contributed by atoms with van der Waals surface area (Å²) in [7, 11) is 0. The van der Waals surface area contributed by atoms with Gasteiger partial charge in [0.15, 0.2) is 0 Å². The molecule has 0 fully saturated rings. The van der Waals surface area contributed by atoms with E-state index in [4.69, 9.17) is 32.9 Å². The molecule has 1 heterocycles. The second-order valence-electron chi connectivity index (χ2n) is 7.08. The largest absolute Gasteiger partial charge is 0.494 e. The lowest BCUT2D eigenvalue weighted by molar-refractivity contribution is -0.116. The second kappa shape index (κ2) is 10.6. The molecule has 0 saturated heterocycles. The fourth-order valence-electron chi connectivity index (χ4n) is 3.03. The number of halogens is 2. The molecule has 0 spiro atoms. The predicted octanol–water partition coefficient (Wildman–Crippen LogP) is 7.58. The van der Waals surface area contributed by atoms with Crippen LogP contribution in [0.4, 0.5) is 5.69 Å². The van der Waals surface area contributed by atoms with Gasteiger partial charge in [-0.25, -0.2) is 4.98 Å². The number of amides is 1. The molecule has 0 radical (unpaired) electrons. The number of anilines is 1. The summed E-state index contributed by atoms with van der Waals surface area (Å²) in [6.07, 6.45) is 1.00. The minimum atomic E-state index is -0.0452. The molecule has 0 saturated carbocycles. The lowest BCUT2D eigenvalue weighted by Gasteiger charge is -2.08. The molecule has 4 aromatic rings. The van der Waals surface area contributed by atoms with E-state index in [-0.39, 0.29) is 5.91 Å². The van der Waals surface area contributed by atoms with Crippen molar-refractivity contribution in [2.24, 2.45) is 0 Å². The highest BCUT2D eigenvalue weighted by molar-refractivity contribution is 7.13. The van der Waals surface area contributed by atoms with Crippen molar-refractivity contribution in [3.8, 4) is 27.6 Å². The van der Waals surface area contributed by atoms with Crippen LogP contribution in [0, 0.1) is 0 Å². The molecule has 0 aliphatic heterocycles. The smallest absolute Gasteiger partial charge is 0.224 e. The molecular formula is C25H20Cl2N2O2S. The van der Waals surface area contributed by atoms with E-state index in [1.165, 1.54) is 0 Å². The average Bonchev–Trinajstić information content (AvgIpc) is 3.29. The van der Waals surface area contributed by atoms with Gasteiger partial charge < -0.3 is 10.1 Å². The monoisotopic (exact) mass is 482 g/mol. The molecule has 3 aromatic carbocycles. The van der Waals surface area contributed by atoms with Crippen molar-refractivity contribution < 1.29 is 9.53 Å². The van der Waals surface area contributed by atoms with E-state index >= 15 is 0 Å². The first-order chi connectivity index (χ1) is 15.6. The highest BCUT2D eigenvalue weighted by atomic mass is 35.5. The van der Waals surface area contributed by atoms with Crippen molar-refractivity contribution in [2.75, 3.05) is 11.9 Å². The number of nitrogens with one attached hydrogen (secondary N) is 1. The Bertz CT molecular complexity index is 1170. The van der Waals surface area contributed by atoms with E-state index in [0.29, 0.717) is 29.5 Å². The van der Waals surface area contributed by atoms with E-state index < -0.39 is 0 Å². The fraction of sp³-hybridized carbons (Fsp3) is 0.120.